The van der Waals surface area contributed by atoms with Crippen molar-refractivity contribution in [2.75, 3.05) is 7.11 Å². The lowest BCUT2D eigenvalue weighted by atomic mass is 9.96. The Morgan fingerprint density at radius 1 is 1.22 bits per heavy atom. The van der Waals surface area contributed by atoms with Crippen LogP contribution in [0.1, 0.15) is 41.8 Å². The van der Waals surface area contributed by atoms with Crippen LogP contribution in [0.3, 0.4) is 0 Å². The largest absolute Gasteiger partial charge is 0.507 e. The second-order valence-electron chi connectivity index (χ2n) is 6.87. The lowest BCUT2D eigenvalue weighted by molar-refractivity contribution is -0.0464. The Morgan fingerprint density at radius 2 is 1.96 bits per heavy atom. The first-order valence-corrected chi connectivity index (χ1v) is 8.80. The highest BCUT2D eigenvalue weighted by molar-refractivity contribution is 5.95. The number of phenols is 1. The SMILES string of the molecule is COc1cc(O)c2c(c1)C1OC1CC(O)C(O)C(O)/C=C\CC(C)OC2=O. The summed E-state index contributed by atoms with van der Waals surface area (Å²) in [6.45, 7) is 1.67. The number of cyclic esters (lactones) is 1. The zero-order chi connectivity index (χ0) is 19.7. The molecule has 1 aromatic carbocycles. The maximum atomic E-state index is 12.6. The fraction of sp³-hybridized carbons (Fsp3) is 0.526. The second-order valence-corrected chi connectivity index (χ2v) is 6.87. The van der Waals surface area contributed by atoms with Crippen molar-refractivity contribution >= 4 is 5.97 Å². The molecule has 2 heterocycles. The van der Waals surface area contributed by atoms with Crippen LogP contribution >= 0.6 is 0 Å². The first-order valence-electron chi connectivity index (χ1n) is 8.80. The molecule has 8 nitrogen and oxygen atoms in total. The summed E-state index contributed by atoms with van der Waals surface area (Å²) in [6.07, 6.45) is -2.15. The molecule has 0 bridgehead atoms. The van der Waals surface area contributed by atoms with Gasteiger partial charge in [-0.3, -0.25) is 0 Å². The zero-order valence-electron chi connectivity index (χ0n) is 15.1. The van der Waals surface area contributed by atoms with Crippen molar-refractivity contribution in [1.29, 1.82) is 0 Å². The Labute approximate surface area is 156 Å². The summed E-state index contributed by atoms with van der Waals surface area (Å²) in [5.41, 5.74) is 0.384. The fourth-order valence-electron chi connectivity index (χ4n) is 3.20. The van der Waals surface area contributed by atoms with Gasteiger partial charge in [-0.15, -0.1) is 0 Å². The van der Waals surface area contributed by atoms with Gasteiger partial charge in [0.25, 0.3) is 0 Å². The molecule has 0 aliphatic carbocycles. The fourth-order valence-corrected chi connectivity index (χ4v) is 3.20. The highest BCUT2D eigenvalue weighted by Gasteiger charge is 2.45. The van der Waals surface area contributed by atoms with E-state index in [4.69, 9.17) is 14.2 Å². The van der Waals surface area contributed by atoms with Crippen LogP contribution in [0.25, 0.3) is 0 Å². The van der Waals surface area contributed by atoms with E-state index in [1.54, 1.807) is 19.1 Å². The lowest BCUT2D eigenvalue weighted by Crippen LogP contribution is -2.37. The van der Waals surface area contributed by atoms with Crippen LogP contribution in [0.15, 0.2) is 24.3 Å². The number of ether oxygens (including phenoxy) is 3. The van der Waals surface area contributed by atoms with Gasteiger partial charge in [-0.25, -0.2) is 4.79 Å². The van der Waals surface area contributed by atoms with E-state index in [-0.39, 0.29) is 17.7 Å². The number of esters is 1. The van der Waals surface area contributed by atoms with Crippen LogP contribution in [0.4, 0.5) is 0 Å². The molecule has 0 saturated carbocycles. The van der Waals surface area contributed by atoms with Crippen molar-refractivity contribution in [3.8, 4) is 11.5 Å². The number of carbonyl (C=O) groups is 1. The molecule has 1 saturated heterocycles. The van der Waals surface area contributed by atoms with Crippen molar-refractivity contribution in [2.45, 2.75) is 56.4 Å². The Morgan fingerprint density at radius 3 is 2.67 bits per heavy atom. The summed E-state index contributed by atoms with van der Waals surface area (Å²) in [7, 11) is 1.43. The average Bonchev–Trinajstić information content (AvgIpc) is 3.38. The number of fused-ring (bicyclic) bond motifs is 3. The second kappa shape index (κ2) is 7.85. The van der Waals surface area contributed by atoms with Crippen molar-refractivity contribution in [2.24, 2.45) is 0 Å². The molecule has 27 heavy (non-hydrogen) atoms. The molecule has 8 heteroatoms. The van der Waals surface area contributed by atoms with Crippen molar-refractivity contribution in [3.05, 3.63) is 35.4 Å². The van der Waals surface area contributed by atoms with E-state index in [1.165, 1.54) is 19.3 Å². The molecule has 0 amide bonds. The van der Waals surface area contributed by atoms with Crippen LogP contribution in [0.5, 0.6) is 11.5 Å². The molecule has 6 unspecified atom stereocenters. The molecule has 148 valence electrons. The maximum Gasteiger partial charge on any atom is 0.342 e. The summed E-state index contributed by atoms with van der Waals surface area (Å²) in [5, 5.41) is 40.5. The predicted molar refractivity (Wildman–Crippen MR) is 93.5 cm³/mol. The number of methoxy groups -OCH3 is 1. The average molecular weight is 380 g/mol. The molecule has 3 rings (SSSR count). The molecule has 1 fully saturated rings. The van der Waals surface area contributed by atoms with E-state index in [0.29, 0.717) is 17.7 Å². The van der Waals surface area contributed by atoms with Gasteiger partial charge in [-0.1, -0.05) is 12.2 Å². The number of phenolic OH excluding ortho intramolecular Hbond substituents is 1. The van der Waals surface area contributed by atoms with Crippen LogP contribution < -0.4 is 4.74 Å². The molecule has 0 aromatic heterocycles. The number of aliphatic hydroxyl groups is 3. The number of rotatable bonds is 1. The molecule has 0 radical (unpaired) electrons. The van der Waals surface area contributed by atoms with E-state index in [9.17, 15) is 25.2 Å². The van der Waals surface area contributed by atoms with Gasteiger partial charge in [0, 0.05) is 24.5 Å². The van der Waals surface area contributed by atoms with Crippen LogP contribution in [0, 0.1) is 0 Å². The van der Waals surface area contributed by atoms with Crippen molar-refractivity contribution in [3.63, 3.8) is 0 Å². The number of benzene rings is 1. The Hall–Kier alpha value is -2.13. The molecular formula is C19H24O8. The molecule has 4 N–H and O–H groups in total. The van der Waals surface area contributed by atoms with Gasteiger partial charge < -0.3 is 34.6 Å². The standard InChI is InChI=1S/C19H24O8/c1-9-4-3-5-12(20)17(23)14(22)8-15-18(27-15)11-6-10(25-2)7-13(21)16(11)19(24)26-9/h3,5-7,9,12,14-15,17-18,20-23H,4,8H2,1-2H3/b5-3-. The van der Waals surface area contributed by atoms with E-state index in [2.05, 4.69) is 0 Å². The molecule has 2 aliphatic heterocycles. The Bertz CT molecular complexity index is 731. The number of epoxide rings is 1. The van der Waals surface area contributed by atoms with Crippen LogP contribution in [-0.4, -0.2) is 64.0 Å². The number of hydrogen-bond acceptors (Lipinski definition) is 8. The van der Waals surface area contributed by atoms with Crippen LogP contribution in [-0.2, 0) is 9.47 Å². The van der Waals surface area contributed by atoms with E-state index >= 15 is 0 Å². The molecule has 2 aliphatic rings. The van der Waals surface area contributed by atoms with Gasteiger partial charge in [0.15, 0.2) is 0 Å². The van der Waals surface area contributed by atoms with Gasteiger partial charge in [-0.05, 0) is 13.0 Å². The molecular weight excluding hydrogens is 356 g/mol. The first-order chi connectivity index (χ1) is 12.8. The van der Waals surface area contributed by atoms with E-state index in [1.807, 2.05) is 0 Å². The zero-order valence-corrected chi connectivity index (χ0v) is 15.1. The normalized spacial score (nSPS) is 35.2. The molecule has 0 spiro atoms. The summed E-state index contributed by atoms with van der Waals surface area (Å²) >= 11 is 0. The third-order valence-corrected chi connectivity index (χ3v) is 4.78. The van der Waals surface area contributed by atoms with E-state index < -0.39 is 42.6 Å². The first kappa shape index (κ1) is 19.6. The van der Waals surface area contributed by atoms with Crippen molar-refractivity contribution < 1.29 is 39.4 Å². The minimum atomic E-state index is -1.37. The Balaban J connectivity index is 1.97. The highest BCUT2D eigenvalue weighted by atomic mass is 16.6. The lowest BCUT2D eigenvalue weighted by Gasteiger charge is -2.21. The molecule has 1 aromatic rings. The number of carbonyl (C=O) groups excluding carboxylic acids is 1. The summed E-state index contributed by atoms with van der Waals surface area (Å²) < 4.78 is 16.1. The van der Waals surface area contributed by atoms with Crippen molar-refractivity contribution in [1.82, 2.24) is 0 Å². The minimum absolute atomic E-state index is 0.00809. The number of aliphatic hydroxyl groups excluding tert-OH is 3. The quantitative estimate of drug-likeness (QED) is 0.320. The summed E-state index contributed by atoms with van der Waals surface area (Å²) in [5.74, 6) is -0.630. The van der Waals surface area contributed by atoms with Gasteiger partial charge in [0.05, 0.1) is 19.3 Å². The smallest absolute Gasteiger partial charge is 0.342 e. The minimum Gasteiger partial charge on any atom is -0.507 e. The van der Waals surface area contributed by atoms with E-state index in [0.717, 1.165) is 0 Å². The van der Waals surface area contributed by atoms with Gasteiger partial charge in [0.2, 0.25) is 0 Å². The monoisotopic (exact) mass is 380 g/mol. The third-order valence-electron chi connectivity index (χ3n) is 4.78. The molecule has 6 atom stereocenters. The van der Waals surface area contributed by atoms with Gasteiger partial charge in [0.1, 0.15) is 41.5 Å². The number of aromatic hydroxyl groups is 1. The van der Waals surface area contributed by atoms with Crippen LogP contribution in [0.2, 0.25) is 0 Å². The predicted octanol–water partition coefficient (Wildman–Crippen LogP) is 0.819. The maximum absolute atomic E-state index is 12.6. The number of hydrogen-bond donors (Lipinski definition) is 4. The topological polar surface area (TPSA) is 129 Å². The van der Waals surface area contributed by atoms with Gasteiger partial charge in [-0.2, -0.15) is 0 Å². The summed E-state index contributed by atoms with van der Waals surface area (Å²) in [4.78, 5) is 12.6. The summed E-state index contributed by atoms with van der Waals surface area (Å²) in [6, 6.07) is 2.90. The highest BCUT2D eigenvalue weighted by Crippen LogP contribution is 2.46. The Kier molecular flexibility index (Phi) is 5.71. The van der Waals surface area contributed by atoms with Gasteiger partial charge >= 0.3 is 5.97 Å². The third kappa shape index (κ3) is 4.24.